The quantitative estimate of drug-likeness (QED) is 0.887. The maximum absolute atomic E-state index is 9.39. The fraction of sp³-hybridized carbons (Fsp3) is 0.647. The molecule has 2 N–H and O–H groups in total. The van der Waals surface area contributed by atoms with Crippen molar-refractivity contribution in [2.24, 2.45) is 11.8 Å². The van der Waals surface area contributed by atoms with E-state index >= 15 is 0 Å². The van der Waals surface area contributed by atoms with Crippen molar-refractivity contribution in [2.45, 2.75) is 46.3 Å². The monoisotopic (exact) mass is 276 g/mol. The van der Waals surface area contributed by atoms with Crippen LogP contribution in [-0.2, 0) is 6.54 Å². The Morgan fingerprint density at radius 1 is 1.15 bits per heavy atom. The number of hydrogen-bond donors (Lipinski definition) is 2. The standard InChI is InChI=1S/C17H28N2O/c1-12(2)16-11-19(17(9-18-16)13(3)4)10-14-5-7-15(20)8-6-14/h5-8,12-13,16-18,20H,9-11H2,1-4H3. The summed E-state index contributed by atoms with van der Waals surface area (Å²) in [4.78, 5) is 2.60. The largest absolute Gasteiger partial charge is 0.508 e. The lowest BCUT2D eigenvalue weighted by atomic mass is 9.94. The zero-order valence-corrected chi connectivity index (χ0v) is 13.1. The molecule has 0 saturated carbocycles. The number of piperazine rings is 1. The van der Waals surface area contributed by atoms with Crippen molar-refractivity contribution in [1.29, 1.82) is 0 Å². The van der Waals surface area contributed by atoms with E-state index in [4.69, 9.17) is 0 Å². The predicted molar refractivity (Wildman–Crippen MR) is 83.8 cm³/mol. The zero-order valence-electron chi connectivity index (χ0n) is 13.1. The van der Waals surface area contributed by atoms with Gasteiger partial charge in [0.1, 0.15) is 5.75 Å². The second-order valence-electron chi connectivity index (χ2n) is 6.67. The smallest absolute Gasteiger partial charge is 0.115 e. The van der Waals surface area contributed by atoms with Gasteiger partial charge in [0.25, 0.3) is 0 Å². The topological polar surface area (TPSA) is 35.5 Å². The minimum absolute atomic E-state index is 0.342. The fourth-order valence-corrected chi connectivity index (χ4v) is 2.98. The summed E-state index contributed by atoms with van der Waals surface area (Å²) in [7, 11) is 0. The molecule has 3 nitrogen and oxygen atoms in total. The van der Waals surface area contributed by atoms with Crippen LogP contribution in [0.4, 0.5) is 0 Å². The van der Waals surface area contributed by atoms with Crippen LogP contribution in [0.3, 0.4) is 0 Å². The number of rotatable bonds is 4. The van der Waals surface area contributed by atoms with Gasteiger partial charge in [0.15, 0.2) is 0 Å². The number of nitrogens with one attached hydrogen (secondary N) is 1. The maximum Gasteiger partial charge on any atom is 0.115 e. The Kier molecular flexibility index (Phi) is 5.06. The summed E-state index contributed by atoms with van der Waals surface area (Å²) in [5.74, 6) is 1.65. The van der Waals surface area contributed by atoms with Gasteiger partial charge in [0.05, 0.1) is 0 Å². The van der Waals surface area contributed by atoms with E-state index in [1.54, 1.807) is 12.1 Å². The van der Waals surface area contributed by atoms with Crippen LogP contribution >= 0.6 is 0 Å². The predicted octanol–water partition coefficient (Wildman–Crippen LogP) is 2.85. The van der Waals surface area contributed by atoms with Gasteiger partial charge in [-0.05, 0) is 29.5 Å². The van der Waals surface area contributed by atoms with Gasteiger partial charge in [-0.3, -0.25) is 4.90 Å². The molecule has 2 atom stereocenters. The summed E-state index contributed by atoms with van der Waals surface area (Å²) >= 11 is 0. The van der Waals surface area contributed by atoms with E-state index in [0.717, 1.165) is 19.6 Å². The third-order valence-electron chi connectivity index (χ3n) is 4.39. The van der Waals surface area contributed by atoms with E-state index in [9.17, 15) is 5.11 Å². The van der Waals surface area contributed by atoms with Crippen molar-refractivity contribution in [3.8, 4) is 5.75 Å². The molecular formula is C17H28N2O. The molecule has 1 aliphatic rings. The normalized spacial score (nSPS) is 24.5. The first-order valence-electron chi connectivity index (χ1n) is 7.72. The average Bonchev–Trinajstić information content (AvgIpc) is 2.41. The Morgan fingerprint density at radius 3 is 2.35 bits per heavy atom. The molecule has 3 heteroatoms. The molecule has 0 amide bonds. The third kappa shape index (κ3) is 3.74. The van der Waals surface area contributed by atoms with Crippen LogP contribution in [0.5, 0.6) is 5.75 Å². The molecule has 0 aromatic heterocycles. The van der Waals surface area contributed by atoms with Crippen LogP contribution in [0.15, 0.2) is 24.3 Å². The SMILES string of the molecule is CC(C)C1CN(Cc2ccc(O)cc2)C(C(C)C)CN1. The third-order valence-corrected chi connectivity index (χ3v) is 4.39. The molecule has 112 valence electrons. The maximum atomic E-state index is 9.39. The molecule has 20 heavy (non-hydrogen) atoms. The molecule has 1 fully saturated rings. The van der Waals surface area contributed by atoms with Gasteiger partial charge in [0.2, 0.25) is 0 Å². The Bertz CT molecular complexity index is 414. The first-order chi connectivity index (χ1) is 9.47. The fourth-order valence-electron chi connectivity index (χ4n) is 2.98. The lowest BCUT2D eigenvalue weighted by molar-refractivity contribution is 0.0783. The van der Waals surface area contributed by atoms with Crippen molar-refractivity contribution in [2.75, 3.05) is 13.1 Å². The summed E-state index contributed by atoms with van der Waals surface area (Å²) in [6, 6.07) is 8.77. The highest BCUT2D eigenvalue weighted by Crippen LogP contribution is 2.21. The molecule has 0 aliphatic carbocycles. The number of aromatic hydroxyl groups is 1. The Morgan fingerprint density at radius 2 is 1.80 bits per heavy atom. The molecule has 0 bridgehead atoms. The molecule has 1 aliphatic heterocycles. The zero-order chi connectivity index (χ0) is 14.7. The second kappa shape index (κ2) is 6.59. The highest BCUT2D eigenvalue weighted by molar-refractivity contribution is 5.26. The van der Waals surface area contributed by atoms with E-state index in [2.05, 4.69) is 37.9 Å². The van der Waals surface area contributed by atoms with Crippen molar-refractivity contribution in [3.05, 3.63) is 29.8 Å². The molecule has 0 radical (unpaired) electrons. The van der Waals surface area contributed by atoms with Gasteiger partial charge in [-0.1, -0.05) is 39.8 Å². The summed E-state index contributed by atoms with van der Waals surface area (Å²) in [6.45, 7) is 12.3. The van der Waals surface area contributed by atoms with Gasteiger partial charge in [-0.25, -0.2) is 0 Å². The minimum Gasteiger partial charge on any atom is -0.508 e. The van der Waals surface area contributed by atoms with E-state index in [-0.39, 0.29) is 0 Å². The lowest BCUT2D eigenvalue weighted by Crippen LogP contribution is -2.59. The molecule has 1 saturated heterocycles. The molecule has 2 rings (SSSR count). The van der Waals surface area contributed by atoms with Gasteiger partial charge < -0.3 is 10.4 Å². The second-order valence-corrected chi connectivity index (χ2v) is 6.67. The first-order valence-corrected chi connectivity index (χ1v) is 7.72. The van der Waals surface area contributed by atoms with Crippen LogP contribution in [-0.4, -0.2) is 35.2 Å². The molecule has 0 spiro atoms. The molecular weight excluding hydrogens is 248 g/mol. The van der Waals surface area contributed by atoms with Gasteiger partial charge in [-0.2, -0.15) is 0 Å². The van der Waals surface area contributed by atoms with Crippen molar-refractivity contribution >= 4 is 0 Å². The summed E-state index contributed by atoms with van der Waals surface area (Å²) in [5.41, 5.74) is 1.28. The Labute approximate surface area is 123 Å². The Balaban J connectivity index is 2.08. The molecule has 1 aromatic carbocycles. The van der Waals surface area contributed by atoms with Crippen LogP contribution in [0, 0.1) is 11.8 Å². The number of nitrogens with zero attached hydrogens (tertiary/aromatic N) is 1. The first kappa shape index (κ1) is 15.3. The highest BCUT2D eigenvalue weighted by atomic mass is 16.3. The van der Waals surface area contributed by atoms with E-state index in [1.807, 2.05) is 12.1 Å². The Hall–Kier alpha value is -1.06. The minimum atomic E-state index is 0.342. The van der Waals surface area contributed by atoms with Crippen molar-refractivity contribution in [3.63, 3.8) is 0 Å². The van der Waals surface area contributed by atoms with Crippen molar-refractivity contribution in [1.82, 2.24) is 10.2 Å². The van der Waals surface area contributed by atoms with E-state index in [1.165, 1.54) is 5.56 Å². The van der Waals surface area contributed by atoms with Gasteiger partial charge >= 0.3 is 0 Å². The molecule has 1 heterocycles. The van der Waals surface area contributed by atoms with E-state index < -0.39 is 0 Å². The number of hydrogen-bond acceptors (Lipinski definition) is 3. The summed E-state index contributed by atoms with van der Waals surface area (Å²) in [6.07, 6.45) is 0. The molecule has 1 aromatic rings. The lowest BCUT2D eigenvalue weighted by Gasteiger charge is -2.43. The van der Waals surface area contributed by atoms with Crippen molar-refractivity contribution < 1.29 is 5.11 Å². The summed E-state index contributed by atoms with van der Waals surface area (Å²) < 4.78 is 0. The summed E-state index contributed by atoms with van der Waals surface area (Å²) in [5, 5.41) is 13.1. The van der Waals surface area contributed by atoms with Crippen LogP contribution in [0.25, 0.3) is 0 Å². The van der Waals surface area contributed by atoms with E-state index in [0.29, 0.717) is 29.7 Å². The van der Waals surface area contributed by atoms with Gasteiger partial charge in [0, 0.05) is 31.7 Å². The number of benzene rings is 1. The number of phenolic OH excluding ortho intramolecular Hbond substituents is 1. The molecule has 2 unspecified atom stereocenters. The highest BCUT2D eigenvalue weighted by Gasteiger charge is 2.30. The van der Waals surface area contributed by atoms with Crippen LogP contribution in [0.2, 0.25) is 0 Å². The van der Waals surface area contributed by atoms with Crippen LogP contribution < -0.4 is 5.32 Å². The number of phenols is 1. The van der Waals surface area contributed by atoms with Crippen LogP contribution in [0.1, 0.15) is 33.3 Å². The average molecular weight is 276 g/mol. The van der Waals surface area contributed by atoms with Gasteiger partial charge in [-0.15, -0.1) is 0 Å².